The monoisotopic (exact) mass is 306 g/mol. The second kappa shape index (κ2) is 5.45. The highest BCUT2D eigenvalue weighted by Gasteiger charge is 2.20. The molecule has 0 radical (unpaired) electrons. The Morgan fingerprint density at radius 2 is 1.94 bits per heavy atom. The van der Waals surface area contributed by atoms with Gasteiger partial charge in [0.05, 0.1) is 5.56 Å². The van der Waals surface area contributed by atoms with Crippen molar-refractivity contribution in [2.45, 2.75) is 11.1 Å². The van der Waals surface area contributed by atoms with Gasteiger partial charge < -0.3 is 4.74 Å². The molecule has 0 spiro atoms. The van der Waals surface area contributed by atoms with Crippen LogP contribution in [0, 0.1) is 0 Å². The second-order valence-electron chi connectivity index (χ2n) is 3.12. The van der Waals surface area contributed by atoms with E-state index in [2.05, 4.69) is 15.9 Å². The van der Waals surface area contributed by atoms with Crippen LogP contribution in [0.25, 0.3) is 0 Å². The van der Waals surface area contributed by atoms with E-state index in [9.17, 15) is 13.2 Å². The summed E-state index contributed by atoms with van der Waals surface area (Å²) in [5.74, 6) is -1.26. The summed E-state index contributed by atoms with van der Waals surface area (Å²) in [5.41, 5.74) is 0.333. The Morgan fingerprint density at radius 3 is 2.44 bits per heavy atom. The summed E-state index contributed by atoms with van der Waals surface area (Å²) in [5, 5.41) is 0. The van der Waals surface area contributed by atoms with Gasteiger partial charge in [0, 0.05) is 0 Å². The van der Waals surface area contributed by atoms with Crippen molar-refractivity contribution in [2.75, 3.05) is 5.94 Å². The van der Waals surface area contributed by atoms with Crippen LogP contribution in [-0.2, 0) is 14.6 Å². The Labute approximate surface area is 103 Å². The third-order valence-corrected chi connectivity index (χ3v) is 5.00. The summed E-state index contributed by atoms with van der Waals surface area (Å²) in [6, 6.07) is 8.24. The summed E-state index contributed by atoms with van der Waals surface area (Å²) < 4.78 is 26.6. The zero-order valence-electron chi connectivity index (χ0n) is 8.59. The zero-order chi connectivity index (χ0) is 12.2. The molecule has 0 amide bonds. The molecule has 0 saturated carbocycles. The lowest BCUT2D eigenvalue weighted by Crippen LogP contribution is -2.20. The number of rotatable bonds is 4. The van der Waals surface area contributed by atoms with Crippen LogP contribution in [0.15, 0.2) is 30.3 Å². The van der Waals surface area contributed by atoms with E-state index in [0.29, 0.717) is 5.56 Å². The quantitative estimate of drug-likeness (QED) is 0.630. The Kier molecular flexibility index (Phi) is 4.49. The highest BCUT2D eigenvalue weighted by atomic mass is 79.9. The molecule has 0 N–H and O–H groups in total. The third kappa shape index (κ3) is 3.61. The fourth-order valence-corrected chi connectivity index (χ4v) is 1.67. The number of ether oxygens (including phenoxy) is 1. The highest BCUT2D eigenvalue weighted by Crippen LogP contribution is 2.10. The van der Waals surface area contributed by atoms with Gasteiger partial charge in [0.25, 0.3) is 0 Å². The molecule has 4 nitrogen and oxygen atoms in total. The topological polar surface area (TPSA) is 60.4 Å². The SMILES string of the molecule is CC(Br)S(=O)(=O)COC(=O)c1ccccc1. The van der Waals surface area contributed by atoms with E-state index in [1.54, 1.807) is 30.3 Å². The van der Waals surface area contributed by atoms with Crippen LogP contribution in [0.2, 0.25) is 0 Å². The third-order valence-electron chi connectivity index (χ3n) is 1.86. The van der Waals surface area contributed by atoms with Gasteiger partial charge in [-0.2, -0.15) is 0 Å². The number of sulfone groups is 1. The van der Waals surface area contributed by atoms with E-state index >= 15 is 0 Å². The van der Waals surface area contributed by atoms with Gasteiger partial charge in [0.1, 0.15) is 4.16 Å². The van der Waals surface area contributed by atoms with Gasteiger partial charge in [-0.25, -0.2) is 13.2 Å². The first kappa shape index (κ1) is 13.2. The standard InChI is InChI=1S/C10H11BrO4S/c1-8(11)16(13,14)7-15-10(12)9-5-3-2-4-6-9/h2-6,8H,7H2,1H3. The van der Waals surface area contributed by atoms with Crippen molar-refractivity contribution in [2.24, 2.45) is 0 Å². The lowest BCUT2D eigenvalue weighted by molar-refractivity contribution is 0.0571. The molecule has 0 saturated heterocycles. The molecule has 0 aromatic heterocycles. The van der Waals surface area contributed by atoms with E-state index < -0.39 is 25.9 Å². The number of hydrogen-bond donors (Lipinski definition) is 0. The molecule has 1 aromatic carbocycles. The molecule has 0 heterocycles. The van der Waals surface area contributed by atoms with Crippen LogP contribution in [0.1, 0.15) is 17.3 Å². The van der Waals surface area contributed by atoms with Gasteiger partial charge in [-0.1, -0.05) is 34.1 Å². The summed E-state index contributed by atoms with van der Waals surface area (Å²) in [6.45, 7) is 1.46. The second-order valence-corrected chi connectivity index (χ2v) is 7.37. The van der Waals surface area contributed by atoms with E-state index in [1.807, 2.05) is 0 Å². The van der Waals surface area contributed by atoms with Crippen LogP contribution in [0.4, 0.5) is 0 Å². The van der Waals surface area contributed by atoms with E-state index in [1.165, 1.54) is 6.92 Å². The molecule has 1 aromatic rings. The minimum Gasteiger partial charge on any atom is -0.446 e. The van der Waals surface area contributed by atoms with Crippen LogP contribution in [0.5, 0.6) is 0 Å². The van der Waals surface area contributed by atoms with Gasteiger partial charge >= 0.3 is 5.97 Å². The van der Waals surface area contributed by atoms with Gasteiger partial charge in [0.2, 0.25) is 0 Å². The maximum atomic E-state index is 11.4. The largest absolute Gasteiger partial charge is 0.446 e. The van der Waals surface area contributed by atoms with E-state index in [0.717, 1.165) is 0 Å². The summed E-state index contributed by atoms with van der Waals surface area (Å²) >= 11 is 2.92. The molecule has 0 aliphatic heterocycles. The predicted molar refractivity (Wildman–Crippen MR) is 64.0 cm³/mol. The van der Waals surface area contributed by atoms with Crippen molar-refractivity contribution in [3.05, 3.63) is 35.9 Å². The molecule has 1 unspecified atom stereocenters. The van der Waals surface area contributed by atoms with Gasteiger partial charge in [-0.3, -0.25) is 0 Å². The maximum Gasteiger partial charge on any atom is 0.339 e. The van der Waals surface area contributed by atoms with Crippen molar-refractivity contribution < 1.29 is 17.9 Å². The molecular weight excluding hydrogens is 296 g/mol. The van der Waals surface area contributed by atoms with Gasteiger partial charge in [0.15, 0.2) is 15.8 Å². The fraction of sp³-hybridized carbons (Fsp3) is 0.300. The average Bonchev–Trinajstić information content (AvgIpc) is 2.27. The lowest BCUT2D eigenvalue weighted by Gasteiger charge is -2.07. The number of hydrogen-bond acceptors (Lipinski definition) is 4. The van der Waals surface area contributed by atoms with Crippen LogP contribution in [0.3, 0.4) is 0 Å². The summed E-state index contributed by atoms with van der Waals surface area (Å²) in [4.78, 5) is 11.4. The molecule has 6 heteroatoms. The minimum absolute atomic E-state index is 0.333. The molecule has 1 rings (SSSR count). The highest BCUT2D eigenvalue weighted by molar-refractivity contribution is 9.11. The Balaban J connectivity index is 2.62. The number of alkyl halides is 1. The van der Waals surface area contributed by atoms with Crippen molar-refractivity contribution in [3.63, 3.8) is 0 Å². The molecule has 0 aliphatic rings. The number of carbonyl (C=O) groups is 1. The maximum absolute atomic E-state index is 11.4. The molecule has 0 aliphatic carbocycles. The Hall–Kier alpha value is -0.880. The first-order chi connectivity index (χ1) is 7.43. The predicted octanol–water partition coefficient (Wildman–Crippen LogP) is 1.96. The number of esters is 1. The van der Waals surface area contributed by atoms with E-state index in [4.69, 9.17) is 4.74 Å². The molecular formula is C10H11BrO4S. The Morgan fingerprint density at radius 1 is 1.38 bits per heavy atom. The minimum atomic E-state index is -3.43. The summed E-state index contributed by atoms with van der Waals surface area (Å²) in [6.07, 6.45) is 0. The van der Waals surface area contributed by atoms with Gasteiger partial charge in [-0.05, 0) is 19.1 Å². The number of halogens is 1. The fourth-order valence-electron chi connectivity index (χ4n) is 0.887. The van der Waals surface area contributed by atoms with Crippen LogP contribution >= 0.6 is 15.9 Å². The number of benzene rings is 1. The molecule has 0 fully saturated rings. The molecule has 1 atom stereocenters. The van der Waals surface area contributed by atoms with Crippen molar-refractivity contribution in [1.82, 2.24) is 0 Å². The first-order valence-electron chi connectivity index (χ1n) is 4.51. The number of carbonyl (C=O) groups excluding carboxylic acids is 1. The first-order valence-corrected chi connectivity index (χ1v) is 7.14. The van der Waals surface area contributed by atoms with Crippen LogP contribution in [-0.4, -0.2) is 24.5 Å². The molecule has 88 valence electrons. The Bertz CT molecular complexity index is 453. The molecule has 0 bridgehead atoms. The average molecular weight is 307 g/mol. The summed E-state index contributed by atoms with van der Waals surface area (Å²) in [7, 11) is -3.43. The van der Waals surface area contributed by atoms with Crippen molar-refractivity contribution in [3.8, 4) is 0 Å². The lowest BCUT2D eigenvalue weighted by atomic mass is 10.2. The zero-order valence-corrected chi connectivity index (χ0v) is 11.0. The van der Waals surface area contributed by atoms with Crippen molar-refractivity contribution >= 4 is 31.7 Å². The van der Waals surface area contributed by atoms with Crippen molar-refractivity contribution in [1.29, 1.82) is 0 Å². The smallest absolute Gasteiger partial charge is 0.339 e. The van der Waals surface area contributed by atoms with Crippen LogP contribution < -0.4 is 0 Å². The molecule has 16 heavy (non-hydrogen) atoms. The van der Waals surface area contributed by atoms with Gasteiger partial charge in [-0.15, -0.1) is 0 Å². The van der Waals surface area contributed by atoms with E-state index in [-0.39, 0.29) is 0 Å². The normalized spacial score (nSPS) is 13.1.